The van der Waals surface area contributed by atoms with Crippen LogP contribution in [0.4, 0.5) is 9.59 Å². The molecule has 12 nitrogen and oxygen atoms in total. The fourth-order valence-electron chi connectivity index (χ4n) is 3.22. The lowest BCUT2D eigenvalue weighted by Gasteiger charge is -2.28. The molecular weight excluding hydrogens is 522 g/mol. The van der Waals surface area contributed by atoms with Crippen LogP contribution in [-0.4, -0.2) is 99.6 Å². The second-order valence-corrected chi connectivity index (χ2v) is 11.3. The highest BCUT2D eigenvalue weighted by Crippen LogP contribution is 2.19. The van der Waals surface area contributed by atoms with Gasteiger partial charge in [-0.25, -0.2) is 9.59 Å². The molecule has 0 fully saturated rings. The van der Waals surface area contributed by atoms with Crippen LogP contribution >= 0.6 is 11.8 Å². The van der Waals surface area contributed by atoms with Crippen molar-refractivity contribution in [3.8, 4) is 11.4 Å². The molecule has 0 spiro atoms. The van der Waals surface area contributed by atoms with Gasteiger partial charge >= 0.3 is 12.2 Å². The third-order valence-corrected chi connectivity index (χ3v) is 6.62. The molecule has 1 N–H and O–H groups in total. The first-order valence-electron chi connectivity index (χ1n) is 12.6. The number of Topliss-reactive ketones (excluding diaryl/α,β-unsaturated/α-hetero) is 1. The Bertz CT molecular complexity index is 1080. The average molecular weight is 562 g/mol. The number of hydrogen-bond donors (Lipinski definition) is 1. The van der Waals surface area contributed by atoms with Crippen LogP contribution < -0.4 is 5.32 Å². The number of nitrogens with zero attached hydrogens (tertiary/aromatic N) is 6. The van der Waals surface area contributed by atoms with Crippen LogP contribution in [0.2, 0.25) is 0 Å². The minimum absolute atomic E-state index is 0.0125. The van der Waals surface area contributed by atoms with Crippen molar-refractivity contribution in [1.82, 2.24) is 35.5 Å². The highest BCUT2D eigenvalue weighted by atomic mass is 32.2. The SMILES string of the molecule is CSC(C)N[C@H](COC(=O)N(C)CCN(C)C(=O)OC(C)c1nnc(-c2ccccc2)nn1)C(=O)C(C)(C)C. The predicted molar refractivity (Wildman–Crippen MR) is 149 cm³/mol. The minimum Gasteiger partial charge on any atom is -0.447 e. The average Bonchev–Trinajstić information content (AvgIpc) is 2.92. The number of nitrogens with one attached hydrogen (secondary N) is 1. The molecule has 2 aromatic rings. The summed E-state index contributed by atoms with van der Waals surface area (Å²) < 4.78 is 10.8. The largest absolute Gasteiger partial charge is 0.447 e. The van der Waals surface area contributed by atoms with E-state index in [-0.39, 0.29) is 36.7 Å². The van der Waals surface area contributed by atoms with Crippen LogP contribution in [0.5, 0.6) is 0 Å². The summed E-state index contributed by atoms with van der Waals surface area (Å²) in [6, 6.07) is 8.66. The van der Waals surface area contributed by atoms with Crippen molar-refractivity contribution in [3.05, 3.63) is 36.2 Å². The third-order valence-electron chi connectivity index (χ3n) is 5.78. The lowest BCUT2D eigenvalue weighted by Crippen LogP contribution is -2.49. The summed E-state index contributed by atoms with van der Waals surface area (Å²) >= 11 is 1.56. The molecule has 13 heteroatoms. The van der Waals surface area contributed by atoms with E-state index in [4.69, 9.17) is 9.47 Å². The van der Waals surface area contributed by atoms with Gasteiger partial charge in [0.15, 0.2) is 11.9 Å². The van der Waals surface area contributed by atoms with Crippen LogP contribution in [0.1, 0.15) is 46.5 Å². The summed E-state index contributed by atoms with van der Waals surface area (Å²) in [5, 5.41) is 19.4. The van der Waals surface area contributed by atoms with Gasteiger partial charge in [0.25, 0.3) is 0 Å². The second-order valence-electron chi connectivity index (χ2n) is 10.1. The Hall–Kier alpha value is -3.32. The monoisotopic (exact) mass is 561 g/mol. The molecule has 1 heterocycles. The van der Waals surface area contributed by atoms with Gasteiger partial charge in [-0.1, -0.05) is 51.1 Å². The van der Waals surface area contributed by atoms with Crippen molar-refractivity contribution >= 4 is 29.7 Å². The van der Waals surface area contributed by atoms with E-state index in [1.54, 1.807) is 32.8 Å². The summed E-state index contributed by atoms with van der Waals surface area (Å²) in [4.78, 5) is 40.6. The first-order chi connectivity index (χ1) is 18.3. The lowest BCUT2D eigenvalue weighted by atomic mass is 9.86. The molecule has 3 atom stereocenters. The van der Waals surface area contributed by atoms with E-state index in [0.29, 0.717) is 5.82 Å². The van der Waals surface area contributed by atoms with E-state index in [2.05, 4.69) is 25.7 Å². The molecule has 0 aliphatic rings. The molecule has 2 rings (SSSR count). The standard InChI is InChI=1S/C26H39N7O5S/c1-17(22-28-30-23(31-29-22)19-12-10-9-11-13-19)38-25(36)33(7)15-14-32(6)24(35)37-16-20(27-18(2)39-8)21(34)26(3,4)5/h9-13,17-18,20,27H,14-16H2,1-8H3/t17?,18?,20-/m1/s1. The molecule has 0 aliphatic heterocycles. The topological polar surface area (TPSA) is 140 Å². The number of aromatic nitrogens is 4. The van der Waals surface area contributed by atoms with E-state index in [1.807, 2.05) is 64.3 Å². The van der Waals surface area contributed by atoms with Crippen LogP contribution in [0.15, 0.2) is 30.3 Å². The molecule has 1 aromatic heterocycles. The highest BCUT2D eigenvalue weighted by molar-refractivity contribution is 7.99. The number of benzene rings is 1. The lowest BCUT2D eigenvalue weighted by molar-refractivity contribution is -0.129. The smallest absolute Gasteiger partial charge is 0.410 e. The van der Waals surface area contributed by atoms with Gasteiger partial charge in [0.05, 0.1) is 5.37 Å². The molecule has 0 aliphatic carbocycles. The van der Waals surface area contributed by atoms with Crippen LogP contribution in [-0.2, 0) is 14.3 Å². The van der Waals surface area contributed by atoms with Crippen LogP contribution in [0.3, 0.4) is 0 Å². The van der Waals surface area contributed by atoms with Crippen molar-refractivity contribution in [2.24, 2.45) is 5.41 Å². The molecule has 0 radical (unpaired) electrons. The fraction of sp³-hybridized carbons (Fsp3) is 0.577. The van der Waals surface area contributed by atoms with E-state index in [1.165, 1.54) is 9.80 Å². The molecule has 2 amide bonds. The molecule has 1 aromatic carbocycles. The zero-order valence-electron chi connectivity index (χ0n) is 23.9. The summed E-state index contributed by atoms with van der Waals surface area (Å²) in [6.45, 7) is 9.34. The molecule has 0 bridgehead atoms. The number of ketones is 1. The molecular formula is C26H39N7O5S. The van der Waals surface area contributed by atoms with Crippen molar-refractivity contribution in [3.63, 3.8) is 0 Å². The van der Waals surface area contributed by atoms with Crippen molar-refractivity contribution in [1.29, 1.82) is 0 Å². The number of carbonyl (C=O) groups excluding carboxylic acids is 3. The van der Waals surface area contributed by atoms with E-state index in [0.717, 1.165) is 5.56 Å². The minimum atomic E-state index is -0.777. The fourth-order valence-corrected chi connectivity index (χ4v) is 3.52. The van der Waals surface area contributed by atoms with E-state index < -0.39 is 29.7 Å². The maximum atomic E-state index is 12.8. The Morgan fingerprint density at radius 2 is 1.51 bits per heavy atom. The highest BCUT2D eigenvalue weighted by Gasteiger charge is 2.31. The van der Waals surface area contributed by atoms with Crippen molar-refractivity contribution in [2.75, 3.05) is 40.0 Å². The van der Waals surface area contributed by atoms with Gasteiger partial charge in [-0.3, -0.25) is 10.1 Å². The van der Waals surface area contributed by atoms with Gasteiger partial charge in [0.1, 0.15) is 12.6 Å². The van der Waals surface area contributed by atoms with Crippen LogP contribution in [0.25, 0.3) is 11.4 Å². The summed E-state index contributed by atoms with van der Waals surface area (Å²) in [5.41, 5.74) is 0.188. The van der Waals surface area contributed by atoms with Gasteiger partial charge < -0.3 is 19.3 Å². The normalized spacial score (nSPS) is 13.6. The second kappa shape index (κ2) is 14.7. The first kappa shape index (κ1) is 31.9. The van der Waals surface area contributed by atoms with Crippen molar-refractivity contribution < 1.29 is 23.9 Å². The Labute approximate surface area is 234 Å². The number of thioether (sulfide) groups is 1. The molecule has 0 saturated carbocycles. The van der Waals surface area contributed by atoms with Crippen LogP contribution in [0, 0.1) is 5.41 Å². The van der Waals surface area contributed by atoms with E-state index >= 15 is 0 Å². The summed E-state index contributed by atoms with van der Waals surface area (Å²) in [7, 11) is 3.11. The number of carbonyl (C=O) groups is 3. The Morgan fingerprint density at radius 3 is 2.05 bits per heavy atom. The zero-order valence-corrected chi connectivity index (χ0v) is 24.7. The Kier molecular flexibility index (Phi) is 12.0. The summed E-state index contributed by atoms with van der Waals surface area (Å²) in [6.07, 6.45) is -0.0626. The van der Waals surface area contributed by atoms with Gasteiger partial charge in [-0.2, -0.15) is 0 Å². The Morgan fingerprint density at radius 1 is 0.949 bits per heavy atom. The predicted octanol–water partition coefficient (Wildman–Crippen LogP) is 3.41. The zero-order chi connectivity index (χ0) is 29.2. The maximum absolute atomic E-state index is 12.8. The molecule has 2 unspecified atom stereocenters. The number of amides is 2. The maximum Gasteiger partial charge on any atom is 0.410 e. The number of ether oxygens (including phenoxy) is 2. The molecule has 39 heavy (non-hydrogen) atoms. The number of likely N-dealkylation sites (N-methyl/N-ethyl adjacent to an activating group) is 2. The van der Waals surface area contributed by atoms with Gasteiger partial charge in [0.2, 0.25) is 11.6 Å². The van der Waals surface area contributed by atoms with E-state index in [9.17, 15) is 14.4 Å². The quantitative estimate of drug-likeness (QED) is 0.381. The van der Waals surface area contributed by atoms with Crippen molar-refractivity contribution in [2.45, 2.75) is 52.1 Å². The van der Waals surface area contributed by atoms with Gasteiger partial charge in [0, 0.05) is 38.2 Å². The molecule has 0 saturated heterocycles. The summed E-state index contributed by atoms with van der Waals surface area (Å²) in [5.74, 6) is 0.494. The molecule has 214 valence electrons. The number of rotatable bonds is 12. The van der Waals surface area contributed by atoms with Gasteiger partial charge in [-0.05, 0) is 20.1 Å². The first-order valence-corrected chi connectivity index (χ1v) is 13.9. The third kappa shape index (κ3) is 10.1. The number of hydrogen-bond acceptors (Lipinski definition) is 11. The Balaban J connectivity index is 1.83. The van der Waals surface area contributed by atoms with Gasteiger partial charge in [-0.15, -0.1) is 32.2 Å².